The van der Waals surface area contributed by atoms with Crippen LogP contribution >= 0.6 is 23.4 Å². The topological polar surface area (TPSA) is 113 Å². The van der Waals surface area contributed by atoms with Gasteiger partial charge in [0.1, 0.15) is 5.75 Å². The number of nitrogen functional groups attached to an aromatic ring is 1. The summed E-state index contributed by atoms with van der Waals surface area (Å²) in [5.41, 5.74) is 1.98. The summed E-state index contributed by atoms with van der Waals surface area (Å²) in [6, 6.07) is 5.83. The Kier molecular flexibility index (Phi) is 6.23. The van der Waals surface area contributed by atoms with Crippen molar-refractivity contribution in [2.24, 2.45) is 0 Å². The molecule has 0 saturated heterocycles. The van der Waals surface area contributed by atoms with Gasteiger partial charge in [-0.3, -0.25) is 4.79 Å². The molecule has 1 aromatic carbocycles. The number of anilines is 1. The second kappa shape index (κ2) is 8.66. The van der Waals surface area contributed by atoms with Gasteiger partial charge in [0.05, 0.1) is 16.5 Å². The van der Waals surface area contributed by atoms with Gasteiger partial charge in [-0.2, -0.15) is 13.9 Å². The first-order chi connectivity index (χ1) is 13.7. The SMILES string of the molecule is Cc1cc(C)n(-c2nnc(SCC(=O)Nc3ccc(OC(F)F)c(Cl)c3)n2N)n1. The van der Waals surface area contributed by atoms with Crippen LogP contribution in [0.3, 0.4) is 0 Å². The molecule has 9 nitrogen and oxygen atoms in total. The third kappa shape index (κ3) is 4.95. The van der Waals surface area contributed by atoms with Gasteiger partial charge in [-0.15, -0.1) is 10.2 Å². The number of carbonyl (C=O) groups excluding carboxylic acids is 1. The standard InChI is InChI=1S/C16H16ClF2N7O2S/c1-8-5-9(2)26(24-8)15-22-23-16(25(15)20)29-7-13(27)21-10-3-4-12(11(17)6-10)28-14(18)19/h3-6,14H,7,20H2,1-2H3,(H,21,27). The predicted octanol–water partition coefficient (Wildman–Crippen LogP) is 2.78. The second-order valence-electron chi connectivity index (χ2n) is 5.85. The molecule has 3 aromatic rings. The smallest absolute Gasteiger partial charge is 0.387 e. The molecule has 3 rings (SSSR count). The van der Waals surface area contributed by atoms with Gasteiger partial charge >= 0.3 is 6.61 Å². The number of aromatic nitrogens is 5. The predicted molar refractivity (Wildman–Crippen MR) is 104 cm³/mol. The van der Waals surface area contributed by atoms with Crippen molar-refractivity contribution < 1.29 is 18.3 Å². The van der Waals surface area contributed by atoms with E-state index in [0.717, 1.165) is 23.1 Å². The van der Waals surface area contributed by atoms with Crippen molar-refractivity contribution in [2.75, 3.05) is 16.9 Å². The number of aryl methyl sites for hydroxylation is 2. The number of ether oxygens (including phenoxy) is 1. The van der Waals surface area contributed by atoms with E-state index in [2.05, 4.69) is 25.3 Å². The van der Waals surface area contributed by atoms with Crippen LogP contribution in [0.2, 0.25) is 5.02 Å². The number of benzene rings is 1. The molecule has 0 atom stereocenters. The van der Waals surface area contributed by atoms with Gasteiger partial charge in [-0.05, 0) is 38.1 Å². The molecule has 13 heteroatoms. The zero-order chi connectivity index (χ0) is 21.1. The van der Waals surface area contributed by atoms with Crippen LogP contribution in [0.25, 0.3) is 5.95 Å². The third-order valence-corrected chi connectivity index (χ3v) is 4.85. The van der Waals surface area contributed by atoms with Crippen LogP contribution in [0.4, 0.5) is 14.5 Å². The Morgan fingerprint density at radius 2 is 2.10 bits per heavy atom. The van der Waals surface area contributed by atoms with Gasteiger partial charge in [0.25, 0.3) is 5.95 Å². The Balaban J connectivity index is 1.61. The molecule has 154 valence electrons. The van der Waals surface area contributed by atoms with Crippen LogP contribution in [0.1, 0.15) is 11.4 Å². The molecule has 0 aliphatic heterocycles. The van der Waals surface area contributed by atoms with Crippen molar-refractivity contribution in [3.05, 3.63) is 40.7 Å². The first kappa shape index (κ1) is 20.9. The zero-order valence-corrected chi connectivity index (χ0v) is 16.8. The van der Waals surface area contributed by atoms with Crippen LogP contribution in [0.15, 0.2) is 29.4 Å². The summed E-state index contributed by atoms with van der Waals surface area (Å²) in [5.74, 6) is 5.77. The van der Waals surface area contributed by atoms with Gasteiger partial charge in [-0.1, -0.05) is 23.4 Å². The van der Waals surface area contributed by atoms with E-state index in [4.69, 9.17) is 17.4 Å². The Morgan fingerprint density at radius 3 is 2.72 bits per heavy atom. The van der Waals surface area contributed by atoms with Gasteiger partial charge in [0, 0.05) is 11.4 Å². The van der Waals surface area contributed by atoms with Crippen LogP contribution in [-0.2, 0) is 4.79 Å². The van der Waals surface area contributed by atoms with Crippen molar-refractivity contribution in [3.63, 3.8) is 0 Å². The average molecular weight is 444 g/mol. The summed E-state index contributed by atoms with van der Waals surface area (Å²) >= 11 is 6.94. The van der Waals surface area contributed by atoms with Crippen molar-refractivity contribution in [3.8, 4) is 11.7 Å². The molecule has 1 amide bonds. The number of carbonyl (C=O) groups is 1. The quantitative estimate of drug-likeness (QED) is 0.426. The highest BCUT2D eigenvalue weighted by molar-refractivity contribution is 7.99. The fourth-order valence-electron chi connectivity index (χ4n) is 2.44. The average Bonchev–Trinajstić information content (AvgIpc) is 3.16. The maximum Gasteiger partial charge on any atom is 0.387 e. The van der Waals surface area contributed by atoms with E-state index in [-0.39, 0.29) is 22.4 Å². The number of halogens is 3. The molecular formula is C16H16ClF2N7O2S. The molecule has 0 unspecified atom stereocenters. The normalized spacial score (nSPS) is 11.1. The fraction of sp³-hybridized carbons (Fsp3) is 0.250. The Labute approximate surface area is 173 Å². The molecule has 0 spiro atoms. The monoisotopic (exact) mass is 443 g/mol. The van der Waals surface area contributed by atoms with Crippen molar-refractivity contribution in [2.45, 2.75) is 25.6 Å². The lowest BCUT2D eigenvalue weighted by atomic mass is 10.3. The molecule has 2 aromatic heterocycles. The summed E-state index contributed by atoms with van der Waals surface area (Å²) in [6.45, 7) is 0.717. The van der Waals surface area contributed by atoms with Crippen molar-refractivity contribution >= 4 is 35.0 Å². The third-order valence-electron chi connectivity index (χ3n) is 3.61. The van der Waals surface area contributed by atoms with E-state index < -0.39 is 6.61 Å². The van der Waals surface area contributed by atoms with Gasteiger partial charge in [0.15, 0.2) is 0 Å². The molecule has 0 saturated carbocycles. The number of hydrogen-bond donors (Lipinski definition) is 2. The largest absolute Gasteiger partial charge is 0.433 e. The Bertz CT molecular complexity index is 1040. The number of nitrogens with two attached hydrogens (primary N) is 1. The molecule has 2 heterocycles. The van der Waals surface area contributed by atoms with Crippen LogP contribution in [-0.4, -0.2) is 42.9 Å². The van der Waals surface area contributed by atoms with Crippen LogP contribution in [0.5, 0.6) is 5.75 Å². The van der Waals surface area contributed by atoms with Gasteiger partial charge in [0.2, 0.25) is 11.1 Å². The zero-order valence-electron chi connectivity index (χ0n) is 15.3. The molecule has 0 aliphatic carbocycles. The molecule has 0 radical (unpaired) electrons. The summed E-state index contributed by atoms with van der Waals surface area (Å²) < 4.78 is 31.6. The fourth-order valence-corrected chi connectivity index (χ4v) is 3.32. The lowest BCUT2D eigenvalue weighted by Crippen LogP contribution is -2.18. The summed E-state index contributed by atoms with van der Waals surface area (Å²) in [5, 5.41) is 15.2. The number of thioether (sulfide) groups is 1. The second-order valence-corrected chi connectivity index (χ2v) is 7.20. The molecule has 3 N–H and O–H groups in total. The number of nitrogens with one attached hydrogen (secondary N) is 1. The van der Waals surface area contributed by atoms with Gasteiger partial charge < -0.3 is 15.9 Å². The van der Waals surface area contributed by atoms with E-state index in [0.29, 0.717) is 16.8 Å². The lowest BCUT2D eigenvalue weighted by molar-refractivity contribution is -0.113. The van der Waals surface area contributed by atoms with Crippen molar-refractivity contribution in [1.29, 1.82) is 0 Å². The minimum absolute atomic E-state index is 0.0145. The lowest BCUT2D eigenvalue weighted by Gasteiger charge is -2.09. The molecule has 0 fully saturated rings. The highest BCUT2D eigenvalue weighted by Gasteiger charge is 2.16. The Hall–Kier alpha value is -2.86. The Morgan fingerprint density at radius 1 is 1.34 bits per heavy atom. The van der Waals surface area contributed by atoms with Crippen LogP contribution < -0.4 is 15.9 Å². The summed E-state index contributed by atoms with van der Waals surface area (Å²) in [4.78, 5) is 12.2. The van der Waals surface area contributed by atoms with E-state index in [9.17, 15) is 13.6 Å². The number of amides is 1. The van der Waals surface area contributed by atoms with E-state index in [1.807, 2.05) is 19.9 Å². The minimum atomic E-state index is -2.99. The van der Waals surface area contributed by atoms with Crippen molar-refractivity contribution in [1.82, 2.24) is 24.7 Å². The molecule has 29 heavy (non-hydrogen) atoms. The van der Waals surface area contributed by atoms with E-state index in [1.165, 1.54) is 22.9 Å². The number of nitrogens with zero attached hydrogens (tertiary/aromatic N) is 5. The number of rotatable bonds is 7. The maximum absolute atomic E-state index is 12.3. The number of alkyl halides is 2. The minimum Gasteiger partial charge on any atom is -0.433 e. The molecule has 0 aliphatic rings. The van der Waals surface area contributed by atoms with E-state index in [1.54, 1.807) is 4.68 Å². The highest BCUT2D eigenvalue weighted by atomic mass is 35.5. The van der Waals surface area contributed by atoms with Crippen LogP contribution in [0, 0.1) is 13.8 Å². The van der Waals surface area contributed by atoms with Gasteiger partial charge in [-0.25, -0.2) is 9.36 Å². The number of hydrogen-bond acceptors (Lipinski definition) is 7. The molecule has 0 bridgehead atoms. The highest BCUT2D eigenvalue weighted by Crippen LogP contribution is 2.29. The first-order valence-corrected chi connectivity index (χ1v) is 9.52. The van der Waals surface area contributed by atoms with E-state index >= 15 is 0 Å². The maximum atomic E-state index is 12.3. The first-order valence-electron chi connectivity index (χ1n) is 8.15. The summed E-state index contributed by atoms with van der Waals surface area (Å²) in [7, 11) is 0. The summed E-state index contributed by atoms with van der Waals surface area (Å²) in [6.07, 6.45) is 0. The molecular weight excluding hydrogens is 428 g/mol.